The van der Waals surface area contributed by atoms with Crippen molar-refractivity contribution in [3.63, 3.8) is 0 Å². The van der Waals surface area contributed by atoms with E-state index in [-0.39, 0.29) is 5.82 Å². The maximum Gasteiger partial charge on any atom is 0.132 e. The molecule has 0 aliphatic carbocycles. The van der Waals surface area contributed by atoms with Crippen LogP contribution in [0.2, 0.25) is 0 Å². The molecule has 0 spiro atoms. The zero-order valence-corrected chi connectivity index (χ0v) is 11.1. The highest BCUT2D eigenvalue weighted by Gasteiger charge is 2.07. The molecule has 0 amide bonds. The Bertz CT molecular complexity index is 704. The minimum Gasteiger partial charge on any atom is -0.255 e. The lowest BCUT2D eigenvalue weighted by atomic mass is 10.1. The maximum absolute atomic E-state index is 13.7. The number of aryl methyl sites for hydroxylation is 1. The number of nitrogens with zero attached hydrogens (tertiary/aromatic N) is 2. The second-order valence-electron chi connectivity index (χ2n) is 4.16. The van der Waals surface area contributed by atoms with Crippen LogP contribution in [0.4, 0.5) is 4.39 Å². The largest absolute Gasteiger partial charge is 0.255 e. The first-order valence-electron chi connectivity index (χ1n) is 5.87. The molecule has 0 saturated carbocycles. The average molecular weight is 270 g/mol. The third-order valence-electron chi connectivity index (χ3n) is 2.83. The normalized spacial score (nSPS) is 10.6. The minimum absolute atomic E-state index is 0.257. The van der Waals surface area contributed by atoms with Crippen molar-refractivity contribution in [2.45, 2.75) is 6.92 Å². The van der Waals surface area contributed by atoms with E-state index in [1.54, 1.807) is 35.7 Å². The summed E-state index contributed by atoms with van der Waals surface area (Å²) in [5.41, 5.74) is 3.01. The molecule has 0 fully saturated rings. The van der Waals surface area contributed by atoms with Gasteiger partial charge in [0.2, 0.25) is 0 Å². The van der Waals surface area contributed by atoms with Crippen molar-refractivity contribution in [2.24, 2.45) is 0 Å². The molecule has 0 unspecified atom stereocenters. The third kappa shape index (κ3) is 2.39. The Morgan fingerprint density at radius 3 is 2.53 bits per heavy atom. The van der Waals surface area contributed by atoms with E-state index in [2.05, 4.69) is 9.97 Å². The molecule has 3 rings (SSSR count). The van der Waals surface area contributed by atoms with Crippen molar-refractivity contribution in [1.29, 1.82) is 0 Å². The molecule has 1 aromatic carbocycles. The lowest BCUT2D eigenvalue weighted by Crippen LogP contribution is -1.88. The fourth-order valence-electron chi connectivity index (χ4n) is 1.87. The van der Waals surface area contributed by atoms with Gasteiger partial charge in [-0.2, -0.15) is 0 Å². The molecule has 19 heavy (non-hydrogen) atoms. The molecule has 3 aromatic rings. The molecule has 0 bridgehead atoms. The first-order chi connectivity index (χ1) is 9.24. The van der Waals surface area contributed by atoms with Gasteiger partial charge in [-0.3, -0.25) is 4.98 Å². The van der Waals surface area contributed by atoms with E-state index in [1.807, 2.05) is 24.4 Å². The molecule has 94 valence electrons. The molecule has 0 saturated heterocycles. The van der Waals surface area contributed by atoms with Crippen LogP contribution < -0.4 is 0 Å². The Morgan fingerprint density at radius 1 is 1.05 bits per heavy atom. The molecule has 2 heterocycles. The molecule has 2 aromatic heterocycles. The lowest BCUT2D eigenvalue weighted by Gasteiger charge is -2.03. The second-order valence-corrected chi connectivity index (χ2v) is 5.23. The van der Waals surface area contributed by atoms with Crippen LogP contribution in [0.3, 0.4) is 0 Å². The van der Waals surface area contributed by atoms with Gasteiger partial charge in [-0.15, -0.1) is 11.3 Å². The van der Waals surface area contributed by atoms with Gasteiger partial charge in [0.25, 0.3) is 0 Å². The molecule has 4 heteroatoms. The van der Waals surface area contributed by atoms with E-state index < -0.39 is 0 Å². The van der Waals surface area contributed by atoms with E-state index in [4.69, 9.17) is 0 Å². The molecule has 0 radical (unpaired) electrons. The fraction of sp³-hybridized carbons (Fsp3) is 0.0667. The highest BCUT2D eigenvalue weighted by atomic mass is 32.1. The van der Waals surface area contributed by atoms with Crippen molar-refractivity contribution in [3.05, 3.63) is 58.8 Å². The first kappa shape index (κ1) is 12.0. The Labute approximate surface area is 114 Å². The summed E-state index contributed by atoms with van der Waals surface area (Å²) in [6.45, 7) is 1.97. The number of aromatic nitrogens is 2. The van der Waals surface area contributed by atoms with Crippen molar-refractivity contribution in [2.75, 3.05) is 0 Å². The van der Waals surface area contributed by atoms with Crippen molar-refractivity contribution in [1.82, 2.24) is 9.97 Å². The topological polar surface area (TPSA) is 25.8 Å². The van der Waals surface area contributed by atoms with Crippen LogP contribution in [-0.4, -0.2) is 9.97 Å². The molecule has 0 aliphatic rings. The summed E-state index contributed by atoms with van der Waals surface area (Å²) in [7, 11) is 0. The standard InChI is InChI=1S/C15H11FN2S/c1-10-18-15(9-19-10)11-6-7-14(17-8-11)12-4-2-3-5-13(12)16/h2-9H,1H3. The number of rotatable bonds is 2. The molecule has 0 aliphatic heterocycles. The van der Waals surface area contributed by atoms with Gasteiger partial charge >= 0.3 is 0 Å². The predicted octanol–water partition coefficient (Wildman–Crippen LogP) is 4.32. The summed E-state index contributed by atoms with van der Waals surface area (Å²) in [4.78, 5) is 8.73. The lowest BCUT2D eigenvalue weighted by molar-refractivity contribution is 0.631. The summed E-state index contributed by atoms with van der Waals surface area (Å²) in [6.07, 6.45) is 1.73. The minimum atomic E-state index is -0.257. The average Bonchev–Trinajstić information content (AvgIpc) is 2.86. The molecular formula is C15H11FN2S. The highest BCUT2D eigenvalue weighted by molar-refractivity contribution is 7.09. The van der Waals surface area contributed by atoms with E-state index in [0.29, 0.717) is 11.3 Å². The van der Waals surface area contributed by atoms with Crippen LogP contribution in [0.1, 0.15) is 5.01 Å². The quantitative estimate of drug-likeness (QED) is 0.693. The van der Waals surface area contributed by atoms with Crippen LogP contribution in [0.5, 0.6) is 0 Å². The van der Waals surface area contributed by atoms with Crippen LogP contribution in [0.15, 0.2) is 48.0 Å². The van der Waals surface area contributed by atoms with Gasteiger partial charge in [0.15, 0.2) is 0 Å². The Balaban J connectivity index is 1.97. The Kier molecular flexibility index (Phi) is 3.09. The van der Waals surface area contributed by atoms with Crippen molar-refractivity contribution >= 4 is 11.3 Å². The van der Waals surface area contributed by atoms with Crippen LogP contribution in [0, 0.1) is 12.7 Å². The number of thiazole rings is 1. The van der Waals surface area contributed by atoms with E-state index >= 15 is 0 Å². The van der Waals surface area contributed by atoms with Gasteiger partial charge in [0.05, 0.1) is 16.4 Å². The van der Waals surface area contributed by atoms with Gasteiger partial charge in [0, 0.05) is 22.7 Å². The predicted molar refractivity (Wildman–Crippen MR) is 75.5 cm³/mol. The van der Waals surface area contributed by atoms with Gasteiger partial charge in [0.1, 0.15) is 5.82 Å². The van der Waals surface area contributed by atoms with Crippen LogP contribution in [-0.2, 0) is 0 Å². The molecule has 2 nitrogen and oxygen atoms in total. The van der Waals surface area contributed by atoms with Gasteiger partial charge in [-0.1, -0.05) is 12.1 Å². The maximum atomic E-state index is 13.7. The number of halogens is 1. The molecular weight excluding hydrogens is 259 g/mol. The van der Waals surface area contributed by atoms with E-state index in [0.717, 1.165) is 16.3 Å². The summed E-state index contributed by atoms with van der Waals surface area (Å²) < 4.78 is 13.7. The highest BCUT2D eigenvalue weighted by Crippen LogP contribution is 2.24. The van der Waals surface area contributed by atoms with Gasteiger partial charge < -0.3 is 0 Å². The number of pyridine rings is 1. The van der Waals surface area contributed by atoms with Gasteiger partial charge in [-0.05, 0) is 31.2 Å². The third-order valence-corrected chi connectivity index (χ3v) is 3.60. The fourth-order valence-corrected chi connectivity index (χ4v) is 2.49. The van der Waals surface area contributed by atoms with Crippen LogP contribution in [0.25, 0.3) is 22.5 Å². The number of hydrogen-bond acceptors (Lipinski definition) is 3. The zero-order chi connectivity index (χ0) is 13.2. The zero-order valence-electron chi connectivity index (χ0n) is 10.3. The summed E-state index contributed by atoms with van der Waals surface area (Å²) in [5.74, 6) is -0.257. The Morgan fingerprint density at radius 2 is 1.89 bits per heavy atom. The van der Waals surface area contributed by atoms with Crippen molar-refractivity contribution in [3.8, 4) is 22.5 Å². The molecule has 0 atom stereocenters. The van der Waals surface area contributed by atoms with Gasteiger partial charge in [-0.25, -0.2) is 9.37 Å². The number of benzene rings is 1. The van der Waals surface area contributed by atoms with Crippen molar-refractivity contribution < 1.29 is 4.39 Å². The summed E-state index contributed by atoms with van der Waals surface area (Å²) >= 11 is 1.60. The smallest absolute Gasteiger partial charge is 0.132 e. The second kappa shape index (κ2) is 4.90. The van der Waals surface area contributed by atoms with E-state index in [1.165, 1.54) is 6.07 Å². The first-order valence-corrected chi connectivity index (χ1v) is 6.75. The SMILES string of the molecule is Cc1nc(-c2ccc(-c3ccccc3F)nc2)cs1. The van der Waals surface area contributed by atoms with E-state index in [9.17, 15) is 4.39 Å². The summed E-state index contributed by atoms with van der Waals surface area (Å²) in [6, 6.07) is 10.4. The molecule has 0 N–H and O–H groups in total. The summed E-state index contributed by atoms with van der Waals surface area (Å²) in [5, 5.41) is 3.02. The van der Waals surface area contributed by atoms with Crippen LogP contribution >= 0.6 is 11.3 Å². The monoisotopic (exact) mass is 270 g/mol. The Hall–Kier alpha value is -2.07. The number of hydrogen-bond donors (Lipinski definition) is 0.